The van der Waals surface area contributed by atoms with Gasteiger partial charge < -0.3 is 10.1 Å². The van der Waals surface area contributed by atoms with Gasteiger partial charge in [0.05, 0.1) is 23.3 Å². The molecule has 184 valence electrons. The normalized spacial score (nSPS) is 11.2. The van der Waals surface area contributed by atoms with Crippen molar-refractivity contribution in [1.82, 2.24) is 5.32 Å². The van der Waals surface area contributed by atoms with E-state index < -0.39 is 16.0 Å². The van der Waals surface area contributed by atoms with E-state index in [1.165, 1.54) is 25.3 Å². The predicted molar refractivity (Wildman–Crippen MR) is 140 cm³/mol. The number of nitrogens with one attached hydrogen (secondary N) is 2. The Hall–Kier alpha value is -3.59. The molecular formula is C26H20Cl2N2O5S. The third-order valence-corrected chi connectivity index (χ3v) is 7.14. The van der Waals surface area contributed by atoms with Gasteiger partial charge in [-0.1, -0.05) is 59.6 Å². The number of carbonyl (C=O) groups excluding carboxylic acids is 2. The van der Waals surface area contributed by atoms with Gasteiger partial charge >= 0.3 is 5.97 Å². The zero-order valence-electron chi connectivity index (χ0n) is 18.9. The van der Waals surface area contributed by atoms with Gasteiger partial charge in [0.2, 0.25) is 0 Å². The van der Waals surface area contributed by atoms with Crippen molar-refractivity contribution < 1.29 is 22.7 Å². The number of hydrogen-bond acceptors (Lipinski definition) is 5. The predicted octanol–water partition coefficient (Wildman–Crippen LogP) is 5.66. The van der Waals surface area contributed by atoms with Crippen LogP contribution in [0.3, 0.4) is 0 Å². The van der Waals surface area contributed by atoms with Crippen molar-refractivity contribution in [3.63, 3.8) is 0 Å². The van der Waals surface area contributed by atoms with Crippen LogP contribution in [0.2, 0.25) is 10.0 Å². The standard InChI is InChI=1S/C26H20Cl2N2O5S/c1-35-26(32)17-6-2-5-16(11-17)15-29-25(31)23-9-3-8-22-21(23)7-4-10-24(22)30-36(33,34)20-13-18(27)12-19(28)14-20/h2-14,30H,15H2,1H3,(H,29,31). The molecule has 2 N–H and O–H groups in total. The van der Waals surface area contributed by atoms with Crippen LogP contribution in [0, 0.1) is 0 Å². The summed E-state index contributed by atoms with van der Waals surface area (Å²) >= 11 is 11.9. The summed E-state index contributed by atoms with van der Waals surface area (Å²) in [6, 6.07) is 20.8. The van der Waals surface area contributed by atoms with Crippen molar-refractivity contribution in [1.29, 1.82) is 0 Å². The first-order chi connectivity index (χ1) is 17.2. The molecule has 0 saturated heterocycles. The molecule has 7 nitrogen and oxygen atoms in total. The lowest BCUT2D eigenvalue weighted by molar-refractivity contribution is 0.0600. The monoisotopic (exact) mass is 542 g/mol. The van der Waals surface area contributed by atoms with Crippen LogP contribution < -0.4 is 10.0 Å². The van der Waals surface area contributed by atoms with E-state index in [2.05, 4.69) is 10.0 Å². The summed E-state index contributed by atoms with van der Waals surface area (Å²) in [5, 5.41) is 4.32. The van der Waals surface area contributed by atoms with Crippen LogP contribution >= 0.6 is 23.2 Å². The SMILES string of the molecule is COC(=O)c1cccc(CNC(=O)c2cccc3c(NS(=O)(=O)c4cc(Cl)cc(Cl)c4)cccc23)c1. The van der Waals surface area contributed by atoms with Gasteiger partial charge in [0, 0.05) is 27.5 Å². The van der Waals surface area contributed by atoms with Crippen molar-refractivity contribution in [2.75, 3.05) is 11.8 Å². The lowest BCUT2D eigenvalue weighted by Gasteiger charge is -2.14. The number of sulfonamides is 1. The van der Waals surface area contributed by atoms with E-state index in [1.807, 2.05) is 0 Å². The van der Waals surface area contributed by atoms with Crippen molar-refractivity contribution in [3.8, 4) is 0 Å². The van der Waals surface area contributed by atoms with E-state index in [-0.39, 0.29) is 27.4 Å². The Labute approximate surface area is 218 Å². The molecule has 0 unspecified atom stereocenters. The largest absolute Gasteiger partial charge is 0.465 e. The molecule has 0 fully saturated rings. The number of anilines is 1. The van der Waals surface area contributed by atoms with Crippen LogP contribution in [-0.2, 0) is 21.3 Å². The Morgan fingerprint density at radius 2 is 1.53 bits per heavy atom. The lowest BCUT2D eigenvalue weighted by atomic mass is 10.0. The van der Waals surface area contributed by atoms with E-state index in [0.717, 1.165) is 5.56 Å². The summed E-state index contributed by atoms with van der Waals surface area (Å²) < 4.78 is 33.3. The number of benzene rings is 4. The highest BCUT2D eigenvalue weighted by Gasteiger charge is 2.18. The maximum atomic E-state index is 13.0. The van der Waals surface area contributed by atoms with Crippen LogP contribution in [0.15, 0.2) is 83.8 Å². The minimum Gasteiger partial charge on any atom is -0.465 e. The molecule has 0 heterocycles. The summed E-state index contributed by atoms with van der Waals surface area (Å²) in [6.45, 7) is 0.182. The molecule has 4 rings (SSSR count). The Bertz CT molecular complexity index is 1570. The van der Waals surface area contributed by atoms with Gasteiger partial charge in [-0.3, -0.25) is 9.52 Å². The fourth-order valence-electron chi connectivity index (χ4n) is 3.69. The number of rotatable bonds is 7. The van der Waals surface area contributed by atoms with Crippen molar-refractivity contribution in [2.24, 2.45) is 0 Å². The van der Waals surface area contributed by atoms with Crippen molar-refractivity contribution in [2.45, 2.75) is 11.4 Å². The maximum Gasteiger partial charge on any atom is 0.337 e. The molecule has 0 bridgehead atoms. The van der Waals surface area contributed by atoms with Gasteiger partial charge in [-0.15, -0.1) is 0 Å². The van der Waals surface area contributed by atoms with Gasteiger partial charge in [0.25, 0.3) is 15.9 Å². The quantitative estimate of drug-likeness (QED) is 0.293. The maximum absolute atomic E-state index is 13.0. The number of hydrogen-bond donors (Lipinski definition) is 2. The molecule has 10 heteroatoms. The number of methoxy groups -OCH3 is 1. The summed E-state index contributed by atoms with van der Waals surface area (Å²) in [6.07, 6.45) is 0. The molecule has 0 aliphatic rings. The number of amides is 1. The van der Waals surface area contributed by atoms with E-state index in [1.54, 1.807) is 60.7 Å². The second-order valence-electron chi connectivity index (χ2n) is 7.79. The van der Waals surface area contributed by atoms with Crippen molar-refractivity contribution in [3.05, 3.63) is 106 Å². The number of halogens is 2. The third kappa shape index (κ3) is 5.62. The van der Waals surface area contributed by atoms with E-state index in [9.17, 15) is 18.0 Å². The average Bonchev–Trinajstić information content (AvgIpc) is 2.86. The smallest absolute Gasteiger partial charge is 0.337 e. The molecule has 0 aliphatic carbocycles. The van der Waals surface area contributed by atoms with Crippen LogP contribution in [0.25, 0.3) is 10.8 Å². The second kappa shape index (κ2) is 10.6. The van der Waals surface area contributed by atoms with Gasteiger partial charge in [0.1, 0.15) is 0 Å². The van der Waals surface area contributed by atoms with Crippen LogP contribution in [0.4, 0.5) is 5.69 Å². The molecule has 0 spiro atoms. The molecule has 0 radical (unpaired) electrons. The van der Waals surface area contributed by atoms with Crippen LogP contribution in [0.5, 0.6) is 0 Å². The lowest BCUT2D eigenvalue weighted by Crippen LogP contribution is -2.23. The minimum absolute atomic E-state index is 0.0833. The van der Waals surface area contributed by atoms with E-state index in [4.69, 9.17) is 27.9 Å². The molecule has 4 aromatic carbocycles. The molecule has 0 aromatic heterocycles. The first-order valence-corrected chi connectivity index (χ1v) is 12.9. The zero-order chi connectivity index (χ0) is 25.9. The summed E-state index contributed by atoms with van der Waals surface area (Å²) in [7, 11) is -2.70. The average molecular weight is 543 g/mol. The van der Waals surface area contributed by atoms with Gasteiger partial charge in [-0.25, -0.2) is 13.2 Å². The molecule has 36 heavy (non-hydrogen) atoms. The highest BCUT2D eigenvalue weighted by atomic mass is 35.5. The molecule has 0 saturated carbocycles. The Kier molecular flexibility index (Phi) is 7.49. The number of ether oxygens (including phenoxy) is 1. The molecule has 0 aliphatic heterocycles. The second-order valence-corrected chi connectivity index (χ2v) is 10.3. The van der Waals surface area contributed by atoms with E-state index in [0.29, 0.717) is 27.6 Å². The molecular weight excluding hydrogens is 523 g/mol. The summed E-state index contributed by atoms with van der Waals surface area (Å²) in [4.78, 5) is 24.7. The topological polar surface area (TPSA) is 102 Å². The molecule has 1 amide bonds. The zero-order valence-corrected chi connectivity index (χ0v) is 21.2. The molecule has 4 aromatic rings. The Balaban J connectivity index is 1.60. The fourth-order valence-corrected chi connectivity index (χ4v) is 5.49. The molecule has 0 atom stereocenters. The first-order valence-electron chi connectivity index (χ1n) is 10.6. The first kappa shape index (κ1) is 25.5. The number of carbonyl (C=O) groups is 2. The van der Waals surface area contributed by atoms with Crippen LogP contribution in [0.1, 0.15) is 26.3 Å². The van der Waals surface area contributed by atoms with Crippen LogP contribution in [-0.4, -0.2) is 27.4 Å². The Morgan fingerprint density at radius 3 is 2.25 bits per heavy atom. The fraction of sp³-hybridized carbons (Fsp3) is 0.0769. The third-order valence-electron chi connectivity index (χ3n) is 5.36. The minimum atomic E-state index is -4.00. The highest BCUT2D eigenvalue weighted by Crippen LogP contribution is 2.30. The van der Waals surface area contributed by atoms with E-state index >= 15 is 0 Å². The number of fused-ring (bicyclic) bond motifs is 1. The Morgan fingerprint density at radius 1 is 0.861 bits per heavy atom. The van der Waals surface area contributed by atoms with Gasteiger partial charge in [-0.2, -0.15) is 0 Å². The summed E-state index contributed by atoms with van der Waals surface area (Å²) in [5.74, 6) is -0.821. The summed E-state index contributed by atoms with van der Waals surface area (Å²) in [5.41, 5.74) is 1.76. The number of esters is 1. The highest BCUT2D eigenvalue weighted by molar-refractivity contribution is 7.92. The van der Waals surface area contributed by atoms with Gasteiger partial charge in [-0.05, 0) is 53.4 Å². The van der Waals surface area contributed by atoms with Gasteiger partial charge in [0.15, 0.2) is 0 Å². The van der Waals surface area contributed by atoms with Crippen molar-refractivity contribution >= 4 is 61.6 Å².